The second-order valence-corrected chi connectivity index (χ2v) is 4.30. The molecule has 0 bridgehead atoms. The van der Waals surface area contributed by atoms with Gasteiger partial charge in [0.25, 0.3) is 0 Å². The molecule has 0 aromatic heterocycles. The fourth-order valence-electron chi connectivity index (χ4n) is 1.63. The highest BCUT2D eigenvalue weighted by Gasteiger charge is 2.19. The third-order valence-corrected chi connectivity index (χ3v) is 2.86. The maximum absolute atomic E-state index is 9.91. The van der Waals surface area contributed by atoms with E-state index >= 15 is 0 Å². The van der Waals surface area contributed by atoms with Crippen molar-refractivity contribution in [3.8, 4) is 6.07 Å². The van der Waals surface area contributed by atoms with Crippen LogP contribution in [0.2, 0.25) is 5.02 Å². The first-order chi connectivity index (χ1) is 7.69. The van der Waals surface area contributed by atoms with Gasteiger partial charge in [0.15, 0.2) is 0 Å². The molecule has 2 nitrogen and oxygen atoms in total. The van der Waals surface area contributed by atoms with Crippen LogP contribution < -0.4 is 0 Å². The number of nitriles is 1. The Morgan fingerprint density at radius 3 is 2.50 bits per heavy atom. The van der Waals surface area contributed by atoms with E-state index in [-0.39, 0.29) is 0 Å². The SMILES string of the molecule is CCCCC(O)C(C#N)c1ccc(Cl)cc1. The summed E-state index contributed by atoms with van der Waals surface area (Å²) >= 11 is 5.78. The Kier molecular flexibility index (Phi) is 5.31. The lowest BCUT2D eigenvalue weighted by atomic mass is 9.92. The van der Waals surface area contributed by atoms with Gasteiger partial charge in [-0.1, -0.05) is 43.5 Å². The molecule has 1 aromatic carbocycles. The van der Waals surface area contributed by atoms with Crippen molar-refractivity contribution in [3.05, 3.63) is 34.9 Å². The summed E-state index contributed by atoms with van der Waals surface area (Å²) in [6, 6.07) is 9.24. The normalized spacial score (nSPS) is 14.1. The monoisotopic (exact) mass is 237 g/mol. The van der Waals surface area contributed by atoms with E-state index in [0.717, 1.165) is 18.4 Å². The predicted octanol–water partition coefficient (Wildman–Crippen LogP) is 3.50. The van der Waals surface area contributed by atoms with Gasteiger partial charge in [0.05, 0.1) is 18.1 Å². The molecule has 0 aliphatic heterocycles. The van der Waals surface area contributed by atoms with Crippen molar-refractivity contribution in [2.75, 3.05) is 0 Å². The summed E-state index contributed by atoms with van der Waals surface area (Å²) in [5.41, 5.74) is 0.829. The van der Waals surface area contributed by atoms with Gasteiger partial charge in [0.1, 0.15) is 0 Å². The van der Waals surface area contributed by atoms with Crippen LogP contribution in [0.25, 0.3) is 0 Å². The van der Waals surface area contributed by atoms with Crippen LogP contribution in [0.4, 0.5) is 0 Å². The molecular formula is C13H16ClNO. The van der Waals surface area contributed by atoms with Gasteiger partial charge in [-0.05, 0) is 24.1 Å². The van der Waals surface area contributed by atoms with Crippen LogP contribution in [0, 0.1) is 11.3 Å². The molecule has 1 aromatic rings. The Morgan fingerprint density at radius 2 is 2.00 bits per heavy atom. The molecule has 86 valence electrons. The van der Waals surface area contributed by atoms with E-state index in [1.54, 1.807) is 24.3 Å². The molecule has 0 radical (unpaired) electrons. The van der Waals surface area contributed by atoms with Gasteiger partial charge >= 0.3 is 0 Å². The molecule has 3 heteroatoms. The van der Waals surface area contributed by atoms with E-state index in [1.807, 2.05) is 0 Å². The third kappa shape index (κ3) is 3.52. The second-order valence-electron chi connectivity index (χ2n) is 3.87. The number of benzene rings is 1. The zero-order valence-corrected chi connectivity index (χ0v) is 10.1. The highest BCUT2D eigenvalue weighted by molar-refractivity contribution is 6.30. The van der Waals surface area contributed by atoms with Crippen LogP contribution in [0.3, 0.4) is 0 Å². The maximum atomic E-state index is 9.91. The predicted molar refractivity (Wildman–Crippen MR) is 65.3 cm³/mol. The van der Waals surface area contributed by atoms with Gasteiger partial charge in [0, 0.05) is 5.02 Å². The number of rotatable bonds is 5. The van der Waals surface area contributed by atoms with E-state index in [2.05, 4.69) is 13.0 Å². The Morgan fingerprint density at radius 1 is 1.38 bits per heavy atom. The van der Waals surface area contributed by atoms with Gasteiger partial charge in [0.2, 0.25) is 0 Å². The van der Waals surface area contributed by atoms with Gasteiger partial charge in [-0.15, -0.1) is 0 Å². The Hall–Kier alpha value is -1.04. The molecule has 1 N–H and O–H groups in total. The Bertz CT molecular complexity index is 355. The second kappa shape index (κ2) is 6.52. The summed E-state index contributed by atoms with van der Waals surface area (Å²) in [6.07, 6.45) is 2.03. The first-order valence-electron chi connectivity index (χ1n) is 5.52. The molecule has 0 heterocycles. The van der Waals surface area contributed by atoms with Crippen molar-refractivity contribution in [2.45, 2.75) is 38.2 Å². The molecule has 0 saturated carbocycles. The minimum atomic E-state index is -0.592. The molecule has 0 saturated heterocycles. The number of aliphatic hydroxyl groups is 1. The quantitative estimate of drug-likeness (QED) is 0.852. The summed E-state index contributed by atoms with van der Waals surface area (Å²) in [5, 5.41) is 19.6. The van der Waals surface area contributed by atoms with Crippen LogP contribution in [0.15, 0.2) is 24.3 Å². The average Bonchev–Trinajstić information content (AvgIpc) is 2.30. The van der Waals surface area contributed by atoms with E-state index in [4.69, 9.17) is 16.9 Å². The summed E-state index contributed by atoms with van der Waals surface area (Å²) in [7, 11) is 0. The van der Waals surface area contributed by atoms with Crippen molar-refractivity contribution in [1.82, 2.24) is 0 Å². The molecule has 16 heavy (non-hydrogen) atoms. The molecule has 0 aliphatic carbocycles. The van der Waals surface area contributed by atoms with E-state index in [9.17, 15) is 5.11 Å². The molecule has 0 aliphatic rings. The van der Waals surface area contributed by atoms with Crippen molar-refractivity contribution in [3.63, 3.8) is 0 Å². The average molecular weight is 238 g/mol. The fourth-order valence-corrected chi connectivity index (χ4v) is 1.76. The summed E-state index contributed by atoms with van der Waals surface area (Å²) in [4.78, 5) is 0. The topological polar surface area (TPSA) is 44.0 Å². The lowest BCUT2D eigenvalue weighted by Gasteiger charge is -2.16. The van der Waals surface area contributed by atoms with Crippen LogP contribution in [0.5, 0.6) is 0 Å². The van der Waals surface area contributed by atoms with Crippen molar-refractivity contribution in [1.29, 1.82) is 5.26 Å². The van der Waals surface area contributed by atoms with Gasteiger partial charge in [-0.2, -0.15) is 5.26 Å². The largest absolute Gasteiger partial charge is 0.391 e. The van der Waals surface area contributed by atoms with Crippen molar-refractivity contribution >= 4 is 11.6 Å². The number of unbranched alkanes of at least 4 members (excludes halogenated alkanes) is 1. The van der Waals surface area contributed by atoms with Crippen LogP contribution >= 0.6 is 11.6 Å². The minimum Gasteiger partial charge on any atom is -0.391 e. The lowest BCUT2D eigenvalue weighted by molar-refractivity contribution is 0.148. The van der Waals surface area contributed by atoms with Crippen LogP contribution in [0.1, 0.15) is 37.7 Å². The standard InChI is InChI=1S/C13H16ClNO/c1-2-3-4-13(16)12(9-15)10-5-7-11(14)8-6-10/h5-8,12-13,16H,2-4H2,1H3. The Labute approximate surface area is 101 Å². The lowest BCUT2D eigenvalue weighted by Crippen LogP contribution is -2.16. The molecule has 0 amide bonds. The fraction of sp³-hybridized carbons (Fsp3) is 0.462. The molecule has 2 atom stereocenters. The van der Waals surface area contributed by atoms with Crippen LogP contribution in [-0.4, -0.2) is 11.2 Å². The van der Waals surface area contributed by atoms with Crippen molar-refractivity contribution in [2.24, 2.45) is 0 Å². The first kappa shape index (κ1) is 13.0. The molecule has 0 spiro atoms. The number of aliphatic hydroxyl groups excluding tert-OH is 1. The summed E-state index contributed by atoms with van der Waals surface area (Å²) in [5.74, 6) is -0.455. The zero-order chi connectivity index (χ0) is 12.0. The van der Waals surface area contributed by atoms with E-state index in [0.29, 0.717) is 11.4 Å². The van der Waals surface area contributed by atoms with Gasteiger partial charge < -0.3 is 5.11 Å². The first-order valence-corrected chi connectivity index (χ1v) is 5.90. The number of hydrogen-bond acceptors (Lipinski definition) is 2. The molecular weight excluding hydrogens is 222 g/mol. The van der Waals surface area contributed by atoms with Crippen molar-refractivity contribution < 1.29 is 5.11 Å². The smallest absolute Gasteiger partial charge is 0.0971 e. The Balaban J connectivity index is 2.74. The van der Waals surface area contributed by atoms with Gasteiger partial charge in [-0.3, -0.25) is 0 Å². The third-order valence-electron chi connectivity index (χ3n) is 2.61. The van der Waals surface area contributed by atoms with Crippen LogP contribution in [-0.2, 0) is 0 Å². The molecule has 2 unspecified atom stereocenters. The molecule has 1 rings (SSSR count). The zero-order valence-electron chi connectivity index (χ0n) is 9.36. The minimum absolute atomic E-state index is 0.455. The number of hydrogen-bond donors (Lipinski definition) is 1. The highest BCUT2D eigenvalue weighted by Crippen LogP contribution is 2.23. The number of halogens is 1. The highest BCUT2D eigenvalue weighted by atomic mass is 35.5. The van der Waals surface area contributed by atoms with E-state index in [1.165, 1.54) is 0 Å². The molecule has 0 fully saturated rings. The summed E-state index contributed by atoms with van der Waals surface area (Å²) < 4.78 is 0. The maximum Gasteiger partial charge on any atom is 0.0971 e. The summed E-state index contributed by atoms with van der Waals surface area (Å²) in [6.45, 7) is 2.07. The van der Waals surface area contributed by atoms with Gasteiger partial charge in [-0.25, -0.2) is 0 Å². The number of nitrogens with zero attached hydrogens (tertiary/aromatic N) is 1. The van der Waals surface area contributed by atoms with E-state index < -0.39 is 12.0 Å².